The molecule has 1 aliphatic rings. The monoisotopic (exact) mass is 477 g/mol. The van der Waals surface area contributed by atoms with E-state index in [-0.39, 0.29) is 42.3 Å². The van der Waals surface area contributed by atoms with Gasteiger partial charge in [0.1, 0.15) is 6.54 Å². The average molecular weight is 477 g/mol. The molecular weight excluding hydrogens is 449 g/mol. The molecule has 2 rings (SSSR count). The molecule has 9 nitrogen and oxygen atoms in total. The largest absolute Gasteiger partial charge is 0.359 e. The Kier molecular flexibility index (Phi) is 7.85. The minimum atomic E-state index is -0.577. The molecule has 0 bridgehead atoms. The summed E-state index contributed by atoms with van der Waals surface area (Å²) in [5.74, 6) is 0.567. The number of halogens is 1. The molecule has 0 aliphatic carbocycles. The molecule has 2 amide bonds. The van der Waals surface area contributed by atoms with Crippen LogP contribution in [0.25, 0.3) is 0 Å². The highest BCUT2D eigenvalue weighted by atomic mass is 127. The van der Waals surface area contributed by atoms with Gasteiger partial charge in [0.15, 0.2) is 5.96 Å². The summed E-state index contributed by atoms with van der Waals surface area (Å²) in [7, 11) is 5.12. The van der Waals surface area contributed by atoms with Gasteiger partial charge in [-0.25, -0.2) is 0 Å². The van der Waals surface area contributed by atoms with E-state index in [1.807, 2.05) is 32.0 Å². The number of hydrogen-bond acceptors (Lipinski definition) is 4. The highest BCUT2D eigenvalue weighted by molar-refractivity contribution is 14.0. The Morgan fingerprint density at radius 3 is 2.58 bits per heavy atom. The normalized spacial score (nSPS) is 15.6. The summed E-state index contributed by atoms with van der Waals surface area (Å²) in [6.07, 6.45) is 3.51. The Labute approximate surface area is 171 Å². The van der Waals surface area contributed by atoms with Crippen LogP contribution < -0.4 is 15.5 Å². The second-order valence-electron chi connectivity index (χ2n) is 6.70. The Morgan fingerprint density at radius 2 is 2.08 bits per heavy atom. The third kappa shape index (κ3) is 5.08. The van der Waals surface area contributed by atoms with E-state index in [9.17, 15) is 9.59 Å². The smallest absolute Gasteiger partial charge is 0.246 e. The van der Waals surface area contributed by atoms with Crippen molar-refractivity contribution >= 4 is 47.4 Å². The van der Waals surface area contributed by atoms with E-state index in [2.05, 4.69) is 20.7 Å². The minimum absolute atomic E-state index is 0. The van der Waals surface area contributed by atoms with Crippen LogP contribution in [0.1, 0.15) is 13.8 Å². The second-order valence-corrected chi connectivity index (χ2v) is 6.70. The van der Waals surface area contributed by atoms with Crippen LogP contribution in [0.15, 0.2) is 17.4 Å². The first-order chi connectivity index (χ1) is 11.8. The van der Waals surface area contributed by atoms with Gasteiger partial charge in [0.25, 0.3) is 0 Å². The average Bonchev–Trinajstić information content (AvgIpc) is 3.00. The Hall–Kier alpha value is -1.85. The quantitative estimate of drug-likeness (QED) is 0.363. The number of aliphatic imine (C=N–C) groups is 1. The Morgan fingerprint density at radius 1 is 1.38 bits per heavy atom. The molecule has 1 saturated heterocycles. The van der Waals surface area contributed by atoms with Crippen LogP contribution in [-0.4, -0.2) is 72.7 Å². The molecule has 0 spiro atoms. The molecule has 1 aromatic rings. The van der Waals surface area contributed by atoms with Crippen LogP contribution in [0.2, 0.25) is 0 Å². The number of hydrogen-bond donors (Lipinski definition) is 2. The number of carbonyl (C=O) groups is 2. The molecule has 2 heterocycles. The lowest BCUT2D eigenvalue weighted by Gasteiger charge is -2.36. The van der Waals surface area contributed by atoms with Crippen LogP contribution in [0.5, 0.6) is 0 Å². The van der Waals surface area contributed by atoms with Crippen LogP contribution in [-0.2, 0) is 16.6 Å². The van der Waals surface area contributed by atoms with Crippen LogP contribution in [0.4, 0.5) is 5.69 Å². The maximum absolute atomic E-state index is 12.5. The number of aromatic nitrogens is 2. The van der Waals surface area contributed by atoms with Gasteiger partial charge in [0, 0.05) is 47.0 Å². The zero-order valence-corrected chi connectivity index (χ0v) is 18.3. The first kappa shape index (κ1) is 22.2. The molecule has 1 aliphatic heterocycles. The summed E-state index contributed by atoms with van der Waals surface area (Å²) in [5, 5.41) is 9.97. The van der Waals surface area contributed by atoms with Gasteiger partial charge in [-0.15, -0.1) is 24.0 Å². The van der Waals surface area contributed by atoms with E-state index >= 15 is 0 Å². The predicted molar refractivity (Wildman–Crippen MR) is 112 cm³/mol. The summed E-state index contributed by atoms with van der Waals surface area (Å²) >= 11 is 0. The summed E-state index contributed by atoms with van der Waals surface area (Å²) in [4.78, 5) is 32.3. The van der Waals surface area contributed by atoms with Gasteiger partial charge in [0.2, 0.25) is 11.8 Å². The number of nitrogens with zero attached hydrogens (tertiary/aromatic N) is 5. The van der Waals surface area contributed by atoms with E-state index in [1.165, 1.54) is 0 Å². The SMILES string of the molecule is CN=C(NCC(C)(C)C(=O)NC)N1CCN(c2cnn(C)c2)C(=O)C1.I. The number of piperazine rings is 1. The number of guanidine groups is 1. The predicted octanol–water partition coefficient (Wildman–Crippen LogP) is 0.0343. The lowest BCUT2D eigenvalue weighted by atomic mass is 9.92. The molecule has 1 fully saturated rings. The van der Waals surface area contributed by atoms with Gasteiger partial charge in [0.05, 0.1) is 17.3 Å². The van der Waals surface area contributed by atoms with E-state index in [1.54, 1.807) is 29.9 Å². The number of nitrogens with one attached hydrogen (secondary N) is 2. The number of rotatable bonds is 4. The number of carbonyl (C=O) groups excluding carboxylic acids is 2. The number of aryl methyl sites for hydroxylation is 1. The highest BCUT2D eigenvalue weighted by Crippen LogP contribution is 2.17. The topological polar surface area (TPSA) is 94.9 Å². The summed E-state index contributed by atoms with van der Waals surface area (Å²) in [5.41, 5.74) is 0.225. The third-order valence-corrected chi connectivity index (χ3v) is 4.27. The maximum Gasteiger partial charge on any atom is 0.246 e. The van der Waals surface area contributed by atoms with Crippen molar-refractivity contribution in [3.05, 3.63) is 12.4 Å². The molecule has 0 aromatic carbocycles. The molecule has 146 valence electrons. The van der Waals surface area contributed by atoms with E-state index in [0.29, 0.717) is 25.6 Å². The van der Waals surface area contributed by atoms with Gasteiger partial charge in [-0.2, -0.15) is 5.10 Å². The Balaban J connectivity index is 0.00000338. The molecule has 1 aromatic heterocycles. The van der Waals surface area contributed by atoms with Crippen molar-refractivity contribution in [3.8, 4) is 0 Å². The minimum Gasteiger partial charge on any atom is -0.359 e. The van der Waals surface area contributed by atoms with Crippen molar-refractivity contribution in [2.75, 3.05) is 45.2 Å². The lowest BCUT2D eigenvalue weighted by Crippen LogP contribution is -2.56. The first-order valence-electron chi connectivity index (χ1n) is 8.25. The number of anilines is 1. The maximum atomic E-state index is 12.5. The summed E-state index contributed by atoms with van der Waals surface area (Å²) < 4.78 is 1.68. The highest BCUT2D eigenvalue weighted by Gasteiger charge is 2.30. The molecule has 10 heteroatoms. The standard InChI is InChI=1S/C16H27N7O2.HI/c1-16(2,14(25)17-3)11-19-15(18-4)22-6-7-23(13(24)10-22)12-8-20-21(5)9-12;/h8-9H,6-7,10-11H2,1-5H3,(H,17,25)(H,18,19);1H. The Bertz CT molecular complexity index is 671. The fourth-order valence-corrected chi connectivity index (χ4v) is 2.73. The van der Waals surface area contributed by atoms with Crippen molar-refractivity contribution in [1.82, 2.24) is 25.3 Å². The zero-order valence-electron chi connectivity index (χ0n) is 15.9. The van der Waals surface area contributed by atoms with Crippen LogP contribution in [0.3, 0.4) is 0 Å². The molecule has 0 saturated carbocycles. The van der Waals surface area contributed by atoms with Gasteiger partial charge >= 0.3 is 0 Å². The van der Waals surface area contributed by atoms with Crippen molar-refractivity contribution in [1.29, 1.82) is 0 Å². The molecular formula is C16H28IN7O2. The molecule has 2 N–H and O–H groups in total. The van der Waals surface area contributed by atoms with E-state index in [0.717, 1.165) is 5.69 Å². The van der Waals surface area contributed by atoms with Gasteiger partial charge in [-0.1, -0.05) is 0 Å². The van der Waals surface area contributed by atoms with Crippen molar-refractivity contribution in [2.45, 2.75) is 13.8 Å². The molecule has 0 radical (unpaired) electrons. The van der Waals surface area contributed by atoms with E-state index in [4.69, 9.17) is 0 Å². The van der Waals surface area contributed by atoms with Crippen molar-refractivity contribution in [3.63, 3.8) is 0 Å². The number of amides is 2. The molecule has 0 unspecified atom stereocenters. The first-order valence-corrected chi connectivity index (χ1v) is 8.25. The van der Waals surface area contributed by atoms with Gasteiger partial charge in [-0.3, -0.25) is 19.3 Å². The fourth-order valence-electron chi connectivity index (χ4n) is 2.73. The van der Waals surface area contributed by atoms with Crippen LogP contribution in [0, 0.1) is 5.41 Å². The fraction of sp³-hybridized carbons (Fsp3) is 0.625. The van der Waals surface area contributed by atoms with Crippen molar-refractivity contribution < 1.29 is 9.59 Å². The van der Waals surface area contributed by atoms with Gasteiger partial charge in [-0.05, 0) is 13.8 Å². The summed E-state index contributed by atoms with van der Waals surface area (Å²) in [6, 6.07) is 0. The van der Waals surface area contributed by atoms with Crippen molar-refractivity contribution in [2.24, 2.45) is 17.5 Å². The summed E-state index contributed by atoms with van der Waals surface area (Å²) in [6.45, 7) is 5.59. The zero-order chi connectivity index (χ0) is 18.6. The second kappa shape index (κ2) is 9.19. The van der Waals surface area contributed by atoms with Crippen LogP contribution >= 0.6 is 24.0 Å². The molecule has 26 heavy (non-hydrogen) atoms. The lowest BCUT2D eigenvalue weighted by molar-refractivity contribution is -0.128. The molecule has 0 atom stereocenters. The van der Waals surface area contributed by atoms with Gasteiger partial charge < -0.3 is 20.4 Å². The third-order valence-electron chi connectivity index (χ3n) is 4.27. The van der Waals surface area contributed by atoms with E-state index < -0.39 is 5.41 Å².